The van der Waals surface area contributed by atoms with Gasteiger partial charge in [0.25, 0.3) is 0 Å². The maximum atomic E-state index is 6.05. The molecule has 112 valence electrons. The Hall–Kier alpha value is -0.120. The average Bonchev–Trinajstić information content (AvgIpc) is 3.12. The van der Waals surface area contributed by atoms with E-state index >= 15 is 0 Å². The zero-order valence-corrected chi connectivity index (χ0v) is 12.9. The smallest absolute Gasteiger partial charge is 0.0673 e. The summed E-state index contributed by atoms with van der Waals surface area (Å²) >= 11 is 0. The molecule has 1 saturated heterocycles. The van der Waals surface area contributed by atoms with Crippen molar-refractivity contribution in [3.8, 4) is 0 Å². The Kier molecular flexibility index (Phi) is 5.67. The van der Waals surface area contributed by atoms with Crippen molar-refractivity contribution in [2.75, 3.05) is 33.4 Å². The van der Waals surface area contributed by atoms with Crippen LogP contribution in [0.5, 0.6) is 0 Å². The van der Waals surface area contributed by atoms with Crippen molar-refractivity contribution < 1.29 is 9.47 Å². The van der Waals surface area contributed by atoms with Gasteiger partial charge in [-0.25, -0.2) is 0 Å². The van der Waals surface area contributed by atoms with Gasteiger partial charge >= 0.3 is 0 Å². The molecule has 1 N–H and O–H groups in total. The summed E-state index contributed by atoms with van der Waals surface area (Å²) in [6, 6.07) is 0. The van der Waals surface area contributed by atoms with Crippen molar-refractivity contribution in [3.05, 3.63) is 0 Å². The molecule has 1 heterocycles. The molecule has 2 unspecified atom stereocenters. The van der Waals surface area contributed by atoms with Crippen molar-refractivity contribution >= 4 is 0 Å². The molecule has 0 aromatic rings. The molecule has 2 atom stereocenters. The van der Waals surface area contributed by atoms with Gasteiger partial charge in [0, 0.05) is 31.8 Å². The van der Waals surface area contributed by atoms with Crippen LogP contribution in [-0.2, 0) is 9.47 Å². The van der Waals surface area contributed by atoms with Crippen LogP contribution < -0.4 is 5.32 Å². The molecule has 1 aliphatic carbocycles. The molecular weight excluding hydrogens is 238 g/mol. The lowest BCUT2D eigenvalue weighted by atomic mass is 9.76. The molecule has 2 fully saturated rings. The summed E-state index contributed by atoms with van der Waals surface area (Å²) in [7, 11) is 2.06. The van der Waals surface area contributed by atoms with E-state index in [0.717, 1.165) is 44.6 Å². The van der Waals surface area contributed by atoms with E-state index in [1.807, 2.05) is 0 Å². The highest BCUT2D eigenvalue weighted by molar-refractivity contribution is 5.00. The second kappa shape index (κ2) is 7.05. The molecule has 0 spiro atoms. The van der Waals surface area contributed by atoms with E-state index in [0.29, 0.717) is 11.5 Å². The Morgan fingerprint density at radius 2 is 2.11 bits per heavy atom. The highest BCUT2D eigenvalue weighted by Gasteiger charge is 2.50. The van der Waals surface area contributed by atoms with E-state index in [4.69, 9.17) is 9.47 Å². The molecular formula is C16H31NO2. The summed E-state index contributed by atoms with van der Waals surface area (Å²) in [6.07, 6.45) is 6.72. The lowest BCUT2D eigenvalue weighted by Crippen LogP contribution is -2.41. The molecule has 19 heavy (non-hydrogen) atoms. The quantitative estimate of drug-likeness (QED) is 0.653. The van der Waals surface area contributed by atoms with Crippen LogP contribution in [0.4, 0.5) is 0 Å². The molecule has 0 bridgehead atoms. The molecule has 2 aliphatic rings. The van der Waals surface area contributed by atoms with Crippen molar-refractivity contribution in [2.24, 2.45) is 17.3 Å². The number of hydrogen-bond donors (Lipinski definition) is 1. The SMILES string of the molecule is CNCC1(CCOCCC(C)C)CCOC1C1CC1. The highest BCUT2D eigenvalue weighted by atomic mass is 16.5. The number of rotatable bonds is 9. The highest BCUT2D eigenvalue weighted by Crippen LogP contribution is 2.49. The first-order valence-corrected chi connectivity index (χ1v) is 8.02. The molecule has 3 nitrogen and oxygen atoms in total. The fourth-order valence-corrected chi connectivity index (χ4v) is 3.34. The molecule has 0 radical (unpaired) electrons. The summed E-state index contributed by atoms with van der Waals surface area (Å²) in [5.41, 5.74) is 0.327. The van der Waals surface area contributed by atoms with E-state index in [-0.39, 0.29) is 0 Å². The van der Waals surface area contributed by atoms with Gasteiger partial charge in [0.15, 0.2) is 0 Å². The maximum absolute atomic E-state index is 6.05. The van der Waals surface area contributed by atoms with Crippen LogP contribution in [0.1, 0.15) is 46.0 Å². The normalized spacial score (nSPS) is 31.3. The third kappa shape index (κ3) is 4.17. The van der Waals surface area contributed by atoms with Gasteiger partial charge < -0.3 is 14.8 Å². The van der Waals surface area contributed by atoms with Gasteiger partial charge in [-0.05, 0) is 51.0 Å². The Labute approximate surface area is 118 Å². The van der Waals surface area contributed by atoms with Crippen LogP contribution in [0, 0.1) is 17.3 Å². The lowest BCUT2D eigenvalue weighted by molar-refractivity contribution is 0.00841. The zero-order chi connectivity index (χ0) is 13.7. The van der Waals surface area contributed by atoms with Crippen LogP contribution in [0.2, 0.25) is 0 Å². The Balaban J connectivity index is 1.78. The van der Waals surface area contributed by atoms with E-state index in [1.54, 1.807) is 0 Å². The van der Waals surface area contributed by atoms with E-state index in [9.17, 15) is 0 Å². The minimum atomic E-state index is 0.327. The van der Waals surface area contributed by atoms with Crippen LogP contribution in [-0.4, -0.2) is 39.5 Å². The summed E-state index contributed by atoms with van der Waals surface area (Å²) < 4.78 is 11.9. The van der Waals surface area contributed by atoms with Crippen LogP contribution in [0.3, 0.4) is 0 Å². The van der Waals surface area contributed by atoms with Gasteiger partial charge in [0.2, 0.25) is 0 Å². The largest absolute Gasteiger partial charge is 0.381 e. The van der Waals surface area contributed by atoms with E-state index in [2.05, 4.69) is 26.2 Å². The maximum Gasteiger partial charge on any atom is 0.0673 e. The zero-order valence-electron chi connectivity index (χ0n) is 12.9. The second-order valence-corrected chi connectivity index (χ2v) is 6.82. The standard InChI is InChI=1S/C16H31NO2/c1-13(2)6-9-18-10-7-16(12-17-3)8-11-19-15(16)14-4-5-14/h13-15,17H,4-12H2,1-3H3. The third-order valence-electron chi connectivity index (χ3n) is 4.66. The number of nitrogens with one attached hydrogen (secondary N) is 1. The summed E-state index contributed by atoms with van der Waals surface area (Å²) in [6.45, 7) is 8.30. The van der Waals surface area contributed by atoms with Gasteiger partial charge in [-0.2, -0.15) is 0 Å². The van der Waals surface area contributed by atoms with Crippen molar-refractivity contribution in [2.45, 2.75) is 52.1 Å². The van der Waals surface area contributed by atoms with Gasteiger partial charge in [0.05, 0.1) is 6.10 Å². The predicted octanol–water partition coefficient (Wildman–Crippen LogP) is 2.84. The first-order chi connectivity index (χ1) is 9.18. The Bertz CT molecular complexity index is 265. The van der Waals surface area contributed by atoms with Gasteiger partial charge in [-0.15, -0.1) is 0 Å². The molecule has 0 amide bonds. The molecule has 3 heteroatoms. The molecule has 1 saturated carbocycles. The topological polar surface area (TPSA) is 30.5 Å². The van der Waals surface area contributed by atoms with Crippen LogP contribution in [0.25, 0.3) is 0 Å². The van der Waals surface area contributed by atoms with Gasteiger partial charge in [-0.3, -0.25) is 0 Å². The third-order valence-corrected chi connectivity index (χ3v) is 4.66. The molecule has 1 aliphatic heterocycles. The van der Waals surface area contributed by atoms with Crippen molar-refractivity contribution in [1.82, 2.24) is 5.32 Å². The average molecular weight is 269 g/mol. The molecule has 2 rings (SSSR count). The Morgan fingerprint density at radius 1 is 1.32 bits per heavy atom. The van der Waals surface area contributed by atoms with Crippen molar-refractivity contribution in [1.29, 1.82) is 0 Å². The lowest BCUT2D eigenvalue weighted by Gasteiger charge is -2.34. The first-order valence-electron chi connectivity index (χ1n) is 8.02. The van der Waals surface area contributed by atoms with Crippen LogP contribution in [0.15, 0.2) is 0 Å². The minimum absolute atomic E-state index is 0.327. The fraction of sp³-hybridized carbons (Fsp3) is 1.00. The van der Waals surface area contributed by atoms with Gasteiger partial charge in [-0.1, -0.05) is 13.8 Å². The van der Waals surface area contributed by atoms with Gasteiger partial charge in [0.1, 0.15) is 0 Å². The fourth-order valence-electron chi connectivity index (χ4n) is 3.34. The predicted molar refractivity (Wildman–Crippen MR) is 78.3 cm³/mol. The molecule has 0 aromatic carbocycles. The summed E-state index contributed by atoms with van der Waals surface area (Å²) in [5, 5.41) is 3.39. The number of hydrogen-bond acceptors (Lipinski definition) is 3. The van der Waals surface area contributed by atoms with Crippen molar-refractivity contribution in [3.63, 3.8) is 0 Å². The monoisotopic (exact) mass is 269 g/mol. The number of ether oxygens (including phenoxy) is 2. The molecule has 0 aromatic heterocycles. The minimum Gasteiger partial charge on any atom is -0.381 e. The first kappa shape index (κ1) is 15.3. The van der Waals surface area contributed by atoms with E-state index in [1.165, 1.54) is 25.7 Å². The van der Waals surface area contributed by atoms with E-state index < -0.39 is 0 Å². The van der Waals surface area contributed by atoms with Crippen LogP contribution >= 0.6 is 0 Å². The second-order valence-electron chi connectivity index (χ2n) is 6.82. The Morgan fingerprint density at radius 3 is 2.74 bits per heavy atom. The summed E-state index contributed by atoms with van der Waals surface area (Å²) in [4.78, 5) is 0. The summed E-state index contributed by atoms with van der Waals surface area (Å²) in [5.74, 6) is 1.56.